The van der Waals surface area contributed by atoms with E-state index in [2.05, 4.69) is 32.0 Å². The predicted octanol–water partition coefficient (Wildman–Crippen LogP) is 4.57. The van der Waals surface area contributed by atoms with Crippen molar-refractivity contribution < 1.29 is 14.3 Å². The van der Waals surface area contributed by atoms with Crippen LogP contribution in [0.1, 0.15) is 32.6 Å². The average molecular weight is 304 g/mol. The maximum atomic E-state index is 13.3. The zero-order valence-electron chi connectivity index (χ0n) is 12.0. The highest BCUT2D eigenvalue weighted by atomic mass is 32.2. The third-order valence-corrected chi connectivity index (χ3v) is 4.16. The lowest BCUT2D eigenvalue weighted by Gasteiger charge is -2.06. The number of hydrogen-bond acceptors (Lipinski definition) is 2. The summed E-state index contributed by atoms with van der Waals surface area (Å²) in [6.07, 6.45) is 0. The zero-order valence-corrected chi connectivity index (χ0v) is 12.8. The second kappa shape index (κ2) is 6.76. The summed E-state index contributed by atoms with van der Waals surface area (Å²) in [4.78, 5) is 10.9. The summed E-state index contributed by atoms with van der Waals surface area (Å²) in [5.41, 5.74) is 4.28. The number of rotatable bonds is 5. The molecule has 0 heterocycles. The molecule has 0 bridgehead atoms. The Morgan fingerprint density at radius 2 is 1.67 bits per heavy atom. The summed E-state index contributed by atoms with van der Waals surface area (Å²) in [6, 6.07) is 10.7. The molecule has 2 aromatic rings. The van der Waals surface area contributed by atoms with E-state index in [4.69, 9.17) is 5.11 Å². The van der Waals surface area contributed by atoms with Crippen molar-refractivity contribution in [3.63, 3.8) is 0 Å². The van der Waals surface area contributed by atoms with Crippen LogP contribution in [0.2, 0.25) is 0 Å². The van der Waals surface area contributed by atoms with Gasteiger partial charge in [-0.3, -0.25) is 0 Å². The van der Waals surface area contributed by atoms with Crippen LogP contribution in [0.5, 0.6) is 0 Å². The van der Waals surface area contributed by atoms with Crippen LogP contribution >= 0.6 is 11.8 Å². The molecule has 0 aliphatic carbocycles. The summed E-state index contributed by atoms with van der Waals surface area (Å²) in [5, 5.41) is 8.91. The molecule has 0 radical (unpaired) electrons. The number of benzene rings is 2. The van der Waals surface area contributed by atoms with Crippen LogP contribution < -0.4 is 0 Å². The molecule has 0 spiro atoms. The van der Waals surface area contributed by atoms with E-state index < -0.39 is 11.8 Å². The van der Waals surface area contributed by atoms with Crippen LogP contribution in [0.4, 0.5) is 4.39 Å². The minimum Gasteiger partial charge on any atom is -0.478 e. The van der Waals surface area contributed by atoms with Gasteiger partial charge in [-0.1, -0.05) is 35.4 Å². The summed E-state index contributed by atoms with van der Waals surface area (Å²) < 4.78 is 13.3. The summed E-state index contributed by atoms with van der Waals surface area (Å²) in [7, 11) is 0. The molecule has 2 nitrogen and oxygen atoms in total. The minimum absolute atomic E-state index is 0.264. The van der Waals surface area contributed by atoms with Crippen molar-refractivity contribution in [2.24, 2.45) is 0 Å². The quantitative estimate of drug-likeness (QED) is 0.879. The van der Waals surface area contributed by atoms with Gasteiger partial charge in [-0.25, -0.2) is 9.18 Å². The molecule has 2 rings (SSSR count). The number of thioether (sulfide) groups is 1. The molecule has 0 fully saturated rings. The molecule has 1 N–H and O–H groups in total. The Hall–Kier alpha value is -1.81. The first-order valence-corrected chi connectivity index (χ1v) is 7.78. The lowest BCUT2D eigenvalue weighted by atomic mass is 10.1. The Morgan fingerprint density at radius 1 is 1.05 bits per heavy atom. The predicted molar refractivity (Wildman–Crippen MR) is 84.3 cm³/mol. The maximum absolute atomic E-state index is 13.3. The lowest BCUT2D eigenvalue weighted by molar-refractivity contribution is 0.0692. The van der Waals surface area contributed by atoms with E-state index in [-0.39, 0.29) is 5.56 Å². The zero-order chi connectivity index (χ0) is 15.4. The van der Waals surface area contributed by atoms with Crippen LogP contribution in [0.15, 0.2) is 36.4 Å². The Kier molecular flexibility index (Phi) is 5.02. The van der Waals surface area contributed by atoms with Crippen molar-refractivity contribution in [2.45, 2.75) is 25.4 Å². The number of carbonyl (C=O) groups is 1. The van der Waals surface area contributed by atoms with E-state index in [1.54, 1.807) is 17.8 Å². The number of halogens is 1. The van der Waals surface area contributed by atoms with Gasteiger partial charge in [-0.05, 0) is 37.1 Å². The second-order valence-corrected chi connectivity index (χ2v) is 6.09. The van der Waals surface area contributed by atoms with Gasteiger partial charge in [0.25, 0.3) is 0 Å². The standard InChI is InChI=1S/C17H17FO2S/c1-11-5-12(2)7-14(6-11)10-21-9-13-3-4-16(18)15(8-13)17(19)20/h3-8H,9-10H2,1-2H3,(H,19,20). The number of carboxylic acids is 1. The van der Waals surface area contributed by atoms with Crippen molar-refractivity contribution in [3.8, 4) is 0 Å². The Bertz CT molecular complexity index is 648. The maximum Gasteiger partial charge on any atom is 0.338 e. The van der Waals surface area contributed by atoms with Gasteiger partial charge in [0.1, 0.15) is 5.82 Å². The molecule has 21 heavy (non-hydrogen) atoms. The van der Waals surface area contributed by atoms with Gasteiger partial charge in [0, 0.05) is 11.5 Å². The lowest BCUT2D eigenvalue weighted by Crippen LogP contribution is -2.01. The van der Waals surface area contributed by atoms with Gasteiger partial charge in [0.15, 0.2) is 0 Å². The van der Waals surface area contributed by atoms with Crippen LogP contribution in [0, 0.1) is 19.7 Å². The topological polar surface area (TPSA) is 37.3 Å². The summed E-state index contributed by atoms with van der Waals surface area (Å²) >= 11 is 1.69. The normalized spacial score (nSPS) is 10.6. The monoisotopic (exact) mass is 304 g/mol. The molecule has 4 heteroatoms. The molecule has 0 amide bonds. The highest BCUT2D eigenvalue weighted by Gasteiger charge is 2.10. The first-order chi connectivity index (χ1) is 9.95. The van der Waals surface area contributed by atoms with E-state index in [0.717, 1.165) is 11.3 Å². The summed E-state index contributed by atoms with van der Waals surface area (Å²) in [6.45, 7) is 4.14. The first-order valence-electron chi connectivity index (χ1n) is 6.62. The molecule has 0 atom stereocenters. The Labute approximate surface area is 128 Å². The third kappa shape index (κ3) is 4.33. The highest BCUT2D eigenvalue weighted by Crippen LogP contribution is 2.21. The average Bonchev–Trinajstić information content (AvgIpc) is 2.39. The van der Waals surface area contributed by atoms with Crippen LogP contribution in [0.25, 0.3) is 0 Å². The van der Waals surface area contributed by atoms with E-state index in [0.29, 0.717) is 5.75 Å². The fraction of sp³-hybridized carbons (Fsp3) is 0.235. The van der Waals surface area contributed by atoms with Gasteiger partial charge < -0.3 is 5.11 Å². The van der Waals surface area contributed by atoms with Crippen LogP contribution in [-0.4, -0.2) is 11.1 Å². The van der Waals surface area contributed by atoms with Crippen molar-refractivity contribution in [3.05, 3.63) is 70.0 Å². The molecule has 0 aliphatic rings. The van der Waals surface area contributed by atoms with Gasteiger partial charge in [0.2, 0.25) is 0 Å². The van der Waals surface area contributed by atoms with Crippen molar-refractivity contribution in [2.75, 3.05) is 0 Å². The molecule has 2 aromatic carbocycles. The number of hydrogen-bond donors (Lipinski definition) is 1. The van der Waals surface area contributed by atoms with E-state index in [1.807, 2.05) is 0 Å². The molecule has 0 saturated carbocycles. The largest absolute Gasteiger partial charge is 0.478 e. The molecule has 0 unspecified atom stereocenters. The fourth-order valence-electron chi connectivity index (χ4n) is 2.27. The highest BCUT2D eigenvalue weighted by molar-refractivity contribution is 7.97. The minimum atomic E-state index is -1.23. The second-order valence-electron chi connectivity index (χ2n) is 5.11. The third-order valence-electron chi connectivity index (χ3n) is 3.08. The van der Waals surface area contributed by atoms with Crippen molar-refractivity contribution >= 4 is 17.7 Å². The van der Waals surface area contributed by atoms with Crippen molar-refractivity contribution in [1.82, 2.24) is 0 Å². The fourth-order valence-corrected chi connectivity index (χ4v) is 3.18. The Morgan fingerprint density at radius 3 is 2.29 bits per heavy atom. The Balaban J connectivity index is 2.00. The number of aryl methyl sites for hydroxylation is 2. The smallest absolute Gasteiger partial charge is 0.338 e. The van der Waals surface area contributed by atoms with E-state index in [9.17, 15) is 9.18 Å². The number of aromatic carboxylic acids is 1. The molecular formula is C17H17FO2S. The van der Waals surface area contributed by atoms with Gasteiger partial charge >= 0.3 is 5.97 Å². The molecule has 0 aromatic heterocycles. The van der Waals surface area contributed by atoms with Gasteiger partial charge in [-0.15, -0.1) is 0 Å². The van der Waals surface area contributed by atoms with E-state index in [1.165, 1.54) is 28.8 Å². The molecule has 0 aliphatic heterocycles. The summed E-state index contributed by atoms with van der Waals surface area (Å²) in [5.74, 6) is -0.408. The SMILES string of the molecule is Cc1cc(C)cc(CSCc2ccc(F)c(C(=O)O)c2)c1. The molecular weight excluding hydrogens is 287 g/mol. The van der Waals surface area contributed by atoms with Crippen LogP contribution in [0.3, 0.4) is 0 Å². The van der Waals surface area contributed by atoms with E-state index >= 15 is 0 Å². The van der Waals surface area contributed by atoms with Gasteiger partial charge in [-0.2, -0.15) is 11.8 Å². The van der Waals surface area contributed by atoms with Crippen LogP contribution in [-0.2, 0) is 11.5 Å². The van der Waals surface area contributed by atoms with Gasteiger partial charge in [0.05, 0.1) is 5.56 Å². The number of carboxylic acid groups (broad SMARTS) is 1. The molecule has 0 saturated heterocycles. The first kappa shape index (κ1) is 15.6. The molecule has 110 valence electrons. The van der Waals surface area contributed by atoms with Crippen molar-refractivity contribution in [1.29, 1.82) is 0 Å².